The number of nitrogens with zero attached hydrogens (tertiary/aromatic N) is 2. The van der Waals surface area contributed by atoms with Crippen LogP contribution < -0.4 is 19.3 Å². The fourth-order valence-electron chi connectivity index (χ4n) is 9.92. The van der Waals surface area contributed by atoms with Crippen molar-refractivity contribution >= 4 is 22.1 Å². The van der Waals surface area contributed by atoms with Crippen molar-refractivity contribution in [1.29, 1.82) is 0 Å². The second-order valence-corrected chi connectivity index (χ2v) is 15.8. The van der Waals surface area contributed by atoms with E-state index in [1.807, 2.05) is 0 Å². The first kappa shape index (κ1) is 33.5. The Labute approximate surface area is 301 Å². The van der Waals surface area contributed by atoms with Gasteiger partial charge in [-0.3, -0.25) is 0 Å². The fraction of sp³-hybridized carbons (Fsp3) is 0.522. The third kappa shape index (κ3) is 7.65. The van der Waals surface area contributed by atoms with Crippen LogP contribution in [-0.2, 0) is 0 Å². The van der Waals surface area contributed by atoms with Crippen molar-refractivity contribution in [3.05, 3.63) is 84.9 Å². The number of hydrogen-bond acceptors (Lipinski definition) is 4. The summed E-state index contributed by atoms with van der Waals surface area (Å²) in [7, 11) is 0. The highest BCUT2D eigenvalue weighted by molar-refractivity contribution is 5.85. The highest BCUT2D eigenvalue weighted by Crippen LogP contribution is 2.43. The molecule has 0 heterocycles. The summed E-state index contributed by atoms with van der Waals surface area (Å²) in [4.78, 5) is 5.59. The molecule has 0 unspecified atom stereocenters. The molecule has 4 aliphatic carbocycles. The van der Waals surface area contributed by atoms with Crippen LogP contribution in [0.1, 0.15) is 128 Å². The summed E-state index contributed by atoms with van der Waals surface area (Å²) in [6, 6.07) is 33.2. The van der Waals surface area contributed by atoms with Gasteiger partial charge in [0.15, 0.2) is 11.5 Å². The monoisotopic (exact) mass is 670 g/mol. The second-order valence-electron chi connectivity index (χ2n) is 15.8. The van der Waals surface area contributed by atoms with Gasteiger partial charge in [-0.1, -0.05) is 113 Å². The Balaban J connectivity index is 1.06. The number of fused-ring (bicyclic) bond motifs is 1. The Bertz CT molecular complexity index is 1520. The molecule has 0 spiro atoms. The molecule has 0 N–H and O–H groups in total. The summed E-state index contributed by atoms with van der Waals surface area (Å²) < 4.78 is 13.7. The molecule has 50 heavy (non-hydrogen) atoms. The molecule has 4 saturated carbocycles. The van der Waals surface area contributed by atoms with Gasteiger partial charge in [-0.2, -0.15) is 0 Å². The van der Waals surface area contributed by atoms with Crippen molar-refractivity contribution in [2.24, 2.45) is 0 Å². The zero-order valence-electron chi connectivity index (χ0n) is 30.2. The van der Waals surface area contributed by atoms with Crippen molar-refractivity contribution in [2.75, 3.05) is 9.80 Å². The molecule has 4 aliphatic rings. The molecule has 4 fully saturated rings. The van der Waals surface area contributed by atoms with Crippen LogP contribution in [0.4, 0.5) is 11.4 Å². The van der Waals surface area contributed by atoms with Gasteiger partial charge in [0.2, 0.25) is 0 Å². The molecule has 4 aromatic carbocycles. The lowest BCUT2D eigenvalue weighted by molar-refractivity contribution is 0.336. The van der Waals surface area contributed by atoms with Crippen LogP contribution in [0.25, 0.3) is 10.8 Å². The topological polar surface area (TPSA) is 24.9 Å². The van der Waals surface area contributed by atoms with Crippen molar-refractivity contribution in [3.8, 4) is 23.0 Å². The standard InChI is InChI=1S/C46H58N2O2/c1-5-17-37(18-6-1)47(38-19-7-2-8-20-38)43-25-13-15-27-45(43)49-41-31-29-35-30-32-42(34-36(35)33-41)50-46-28-16-14-26-44(46)48(39-21-9-3-10-22-39)40-23-11-4-12-24-40/h13-16,25-34,37-40H,1-12,17-24H2. The SMILES string of the molecule is c1ccc(N(C2CCCCC2)C2CCCCC2)c(Oc2ccc3ccc(Oc4ccccc4N(C4CCCCC4)C4CCCCC4)cc3c2)c1. The molecule has 0 radical (unpaired) electrons. The number of rotatable bonds is 10. The number of ether oxygens (including phenoxy) is 2. The molecule has 0 aromatic heterocycles. The van der Waals surface area contributed by atoms with Crippen molar-refractivity contribution < 1.29 is 9.47 Å². The largest absolute Gasteiger partial charge is 0.455 e. The van der Waals surface area contributed by atoms with Crippen LogP contribution >= 0.6 is 0 Å². The Kier molecular flexibility index (Phi) is 10.8. The number of hydrogen-bond donors (Lipinski definition) is 0. The molecule has 264 valence electrons. The maximum atomic E-state index is 6.83. The number of benzene rings is 4. The molecule has 0 bridgehead atoms. The molecule has 4 heteroatoms. The van der Waals surface area contributed by atoms with Gasteiger partial charge in [-0.15, -0.1) is 0 Å². The van der Waals surface area contributed by atoms with Crippen molar-refractivity contribution in [3.63, 3.8) is 0 Å². The second kappa shape index (κ2) is 16.1. The van der Waals surface area contributed by atoms with E-state index in [9.17, 15) is 0 Å². The van der Waals surface area contributed by atoms with Crippen molar-refractivity contribution in [2.45, 2.75) is 153 Å². The fourth-order valence-corrected chi connectivity index (χ4v) is 9.92. The zero-order valence-corrected chi connectivity index (χ0v) is 30.2. The average Bonchev–Trinajstić information content (AvgIpc) is 3.18. The quantitative estimate of drug-likeness (QED) is 0.168. The molecule has 4 nitrogen and oxygen atoms in total. The van der Waals surface area contributed by atoms with E-state index in [-0.39, 0.29) is 0 Å². The minimum absolute atomic E-state index is 0.614. The van der Waals surface area contributed by atoms with Gasteiger partial charge in [-0.05, 0) is 111 Å². The Morgan fingerprint density at radius 3 is 1.06 bits per heavy atom. The maximum absolute atomic E-state index is 6.83. The number of anilines is 2. The smallest absolute Gasteiger partial charge is 0.150 e. The average molecular weight is 671 g/mol. The van der Waals surface area contributed by atoms with Gasteiger partial charge in [-0.25, -0.2) is 0 Å². The van der Waals surface area contributed by atoms with E-state index < -0.39 is 0 Å². The van der Waals surface area contributed by atoms with Crippen LogP contribution in [0.3, 0.4) is 0 Å². The summed E-state index contributed by atoms with van der Waals surface area (Å²) >= 11 is 0. The van der Waals surface area contributed by atoms with Gasteiger partial charge in [0.05, 0.1) is 11.4 Å². The summed E-state index contributed by atoms with van der Waals surface area (Å²) in [6.07, 6.45) is 26.6. The van der Waals surface area contributed by atoms with Gasteiger partial charge in [0.1, 0.15) is 11.5 Å². The van der Waals surface area contributed by atoms with E-state index >= 15 is 0 Å². The molecule has 0 aliphatic heterocycles. The van der Waals surface area contributed by atoms with Crippen LogP contribution in [0.5, 0.6) is 23.0 Å². The highest BCUT2D eigenvalue weighted by atomic mass is 16.5. The summed E-state index contributed by atoms with van der Waals surface area (Å²) in [5, 5.41) is 2.34. The minimum atomic E-state index is 0.614. The Morgan fingerprint density at radius 2 is 0.700 bits per heavy atom. The summed E-state index contributed by atoms with van der Waals surface area (Å²) in [5.74, 6) is 3.73. The van der Waals surface area contributed by atoms with E-state index in [4.69, 9.17) is 9.47 Å². The van der Waals surface area contributed by atoms with E-state index in [1.54, 1.807) is 0 Å². The molecule has 0 saturated heterocycles. The van der Waals surface area contributed by atoms with Gasteiger partial charge in [0, 0.05) is 24.2 Å². The number of para-hydroxylation sites is 4. The van der Waals surface area contributed by atoms with Crippen molar-refractivity contribution in [1.82, 2.24) is 0 Å². The predicted molar refractivity (Wildman–Crippen MR) is 209 cm³/mol. The van der Waals surface area contributed by atoms with Gasteiger partial charge < -0.3 is 19.3 Å². The highest BCUT2D eigenvalue weighted by Gasteiger charge is 2.32. The molecular formula is C46H58N2O2. The first-order valence-electron chi connectivity index (χ1n) is 20.4. The summed E-state index contributed by atoms with van der Waals surface area (Å²) in [6.45, 7) is 0. The lowest BCUT2D eigenvalue weighted by Crippen LogP contribution is -2.45. The van der Waals surface area contributed by atoms with E-state index in [2.05, 4.69) is 94.7 Å². The lowest BCUT2D eigenvalue weighted by atomic mass is 9.88. The van der Waals surface area contributed by atoms with Crippen LogP contribution in [0, 0.1) is 0 Å². The van der Waals surface area contributed by atoms with E-state index in [0.29, 0.717) is 24.2 Å². The first-order valence-corrected chi connectivity index (χ1v) is 20.4. The zero-order chi connectivity index (χ0) is 33.5. The Morgan fingerprint density at radius 1 is 0.360 bits per heavy atom. The van der Waals surface area contributed by atoms with Crippen LogP contribution in [-0.4, -0.2) is 24.2 Å². The third-order valence-corrected chi connectivity index (χ3v) is 12.4. The first-order chi connectivity index (χ1) is 24.8. The van der Waals surface area contributed by atoms with Gasteiger partial charge in [0.25, 0.3) is 0 Å². The normalized spacial score (nSPS) is 20.1. The van der Waals surface area contributed by atoms with Crippen LogP contribution in [0.15, 0.2) is 84.9 Å². The van der Waals surface area contributed by atoms with E-state index in [0.717, 1.165) is 28.4 Å². The molecule has 0 amide bonds. The molecule has 4 aromatic rings. The lowest BCUT2D eigenvalue weighted by Gasteiger charge is -2.44. The molecular weight excluding hydrogens is 613 g/mol. The van der Waals surface area contributed by atoms with Gasteiger partial charge >= 0.3 is 0 Å². The summed E-state index contributed by atoms with van der Waals surface area (Å²) in [5.41, 5.74) is 2.56. The third-order valence-electron chi connectivity index (χ3n) is 12.4. The van der Waals surface area contributed by atoms with E-state index in [1.165, 1.54) is 145 Å². The maximum Gasteiger partial charge on any atom is 0.150 e. The Hall–Kier alpha value is -3.66. The predicted octanol–water partition coefficient (Wildman–Crippen LogP) is 13.4. The molecule has 8 rings (SSSR count). The van der Waals surface area contributed by atoms with Crippen LogP contribution in [0.2, 0.25) is 0 Å². The minimum Gasteiger partial charge on any atom is -0.455 e. The molecule has 0 atom stereocenters.